The number of hydrogen-bond acceptors (Lipinski definition) is 5. The highest BCUT2D eigenvalue weighted by Crippen LogP contribution is 2.32. The van der Waals surface area contributed by atoms with Gasteiger partial charge in [0.05, 0.1) is 19.1 Å². The molecular weight excluding hydrogens is 268 g/mol. The number of hydrogen-bond donors (Lipinski definition) is 2. The fourth-order valence-corrected chi connectivity index (χ4v) is 2.60. The van der Waals surface area contributed by atoms with E-state index in [0.29, 0.717) is 10.6 Å². The maximum absolute atomic E-state index is 11.7. The van der Waals surface area contributed by atoms with E-state index >= 15 is 0 Å². The molecule has 7 heteroatoms. The molecule has 0 spiro atoms. The molecule has 1 aromatic heterocycles. The fourth-order valence-electron chi connectivity index (χ4n) is 1.52. The smallest absolute Gasteiger partial charge is 0.306 e. The molecule has 0 saturated carbocycles. The van der Waals surface area contributed by atoms with E-state index in [1.54, 1.807) is 6.92 Å². The Morgan fingerprint density at radius 2 is 1.89 bits per heavy atom. The summed E-state index contributed by atoms with van der Waals surface area (Å²) in [6, 6.07) is 0. The Hall–Kier alpha value is -1.89. The number of primary amides is 1. The first-order valence-electron chi connectivity index (χ1n) is 5.63. The number of nitrogens with two attached hydrogens (primary N) is 1. The maximum atomic E-state index is 11.7. The third kappa shape index (κ3) is 3.78. The highest BCUT2D eigenvalue weighted by molar-refractivity contribution is 7.16. The predicted octanol–water partition coefficient (Wildman–Crippen LogP) is 1.36. The molecule has 1 rings (SSSR count). The van der Waals surface area contributed by atoms with Crippen molar-refractivity contribution >= 4 is 34.1 Å². The number of carbonyl (C=O) groups is 3. The number of aryl methyl sites for hydroxylation is 1. The third-order valence-electron chi connectivity index (χ3n) is 2.67. The number of nitrogens with one attached hydrogen (secondary N) is 1. The van der Waals surface area contributed by atoms with Gasteiger partial charge < -0.3 is 15.8 Å². The van der Waals surface area contributed by atoms with Crippen LogP contribution in [0.1, 0.15) is 33.6 Å². The third-order valence-corrected chi connectivity index (χ3v) is 3.79. The first kappa shape index (κ1) is 15.2. The first-order chi connectivity index (χ1) is 8.86. The molecule has 0 unspecified atom stereocenters. The van der Waals surface area contributed by atoms with Gasteiger partial charge in [0, 0.05) is 11.3 Å². The van der Waals surface area contributed by atoms with Crippen molar-refractivity contribution in [1.29, 1.82) is 0 Å². The van der Waals surface area contributed by atoms with Gasteiger partial charge in [-0.3, -0.25) is 14.4 Å². The predicted molar refractivity (Wildman–Crippen MR) is 72.2 cm³/mol. The maximum Gasteiger partial charge on any atom is 0.306 e. The monoisotopic (exact) mass is 284 g/mol. The lowest BCUT2D eigenvalue weighted by Crippen LogP contribution is -2.18. The fraction of sp³-hybridized carbons (Fsp3) is 0.417. The van der Waals surface area contributed by atoms with Crippen LogP contribution in [0.15, 0.2) is 0 Å². The number of methoxy groups -OCH3 is 1. The van der Waals surface area contributed by atoms with Crippen molar-refractivity contribution in [3.8, 4) is 0 Å². The van der Waals surface area contributed by atoms with Crippen LogP contribution < -0.4 is 11.1 Å². The van der Waals surface area contributed by atoms with Crippen LogP contribution in [-0.4, -0.2) is 24.9 Å². The molecule has 0 aliphatic rings. The normalized spacial score (nSPS) is 10.1. The summed E-state index contributed by atoms with van der Waals surface area (Å²) in [6.07, 6.45) is -0.00154. The molecular formula is C12H16N2O4S. The van der Waals surface area contributed by atoms with E-state index in [1.165, 1.54) is 18.4 Å². The van der Waals surface area contributed by atoms with E-state index in [2.05, 4.69) is 10.1 Å². The molecule has 0 aliphatic heterocycles. The highest BCUT2D eigenvalue weighted by atomic mass is 32.1. The molecule has 0 fully saturated rings. The van der Waals surface area contributed by atoms with Crippen molar-refractivity contribution in [3.63, 3.8) is 0 Å². The highest BCUT2D eigenvalue weighted by Gasteiger charge is 2.19. The minimum atomic E-state index is -0.579. The average Bonchev–Trinajstić information content (AvgIpc) is 2.61. The van der Waals surface area contributed by atoms with Crippen molar-refractivity contribution in [2.75, 3.05) is 12.4 Å². The molecule has 1 aromatic rings. The molecule has 0 saturated heterocycles. The Morgan fingerprint density at radius 3 is 2.42 bits per heavy atom. The molecule has 6 nitrogen and oxygen atoms in total. The Bertz CT molecular complexity index is 522. The van der Waals surface area contributed by atoms with Gasteiger partial charge in [-0.15, -0.1) is 11.3 Å². The number of carbonyl (C=O) groups excluding carboxylic acids is 3. The molecule has 0 bridgehead atoms. The second-order valence-electron chi connectivity index (χ2n) is 3.98. The van der Waals surface area contributed by atoms with Gasteiger partial charge in [0.2, 0.25) is 5.91 Å². The number of amides is 2. The van der Waals surface area contributed by atoms with Gasteiger partial charge in [0.1, 0.15) is 5.00 Å². The summed E-state index contributed by atoms with van der Waals surface area (Å²) < 4.78 is 4.45. The zero-order valence-electron chi connectivity index (χ0n) is 11.0. The number of ether oxygens (including phenoxy) is 1. The van der Waals surface area contributed by atoms with Gasteiger partial charge in [-0.25, -0.2) is 0 Å². The van der Waals surface area contributed by atoms with Gasteiger partial charge >= 0.3 is 5.97 Å². The van der Waals surface area contributed by atoms with E-state index in [1.807, 2.05) is 6.92 Å². The zero-order chi connectivity index (χ0) is 14.6. The summed E-state index contributed by atoms with van der Waals surface area (Å²) >= 11 is 1.29. The topological polar surface area (TPSA) is 98.5 Å². The SMILES string of the molecule is COC(=O)CCC(=O)Nc1sc(C)c(C)c1C(N)=O. The number of anilines is 1. The van der Waals surface area contributed by atoms with E-state index in [-0.39, 0.29) is 18.7 Å². The summed E-state index contributed by atoms with van der Waals surface area (Å²) in [7, 11) is 1.26. The van der Waals surface area contributed by atoms with E-state index in [0.717, 1.165) is 10.4 Å². The van der Waals surface area contributed by atoms with Crippen molar-refractivity contribution in [2.24, 2.45) is 5.73 Å². The molecule has 0 atom stereocenters. The number of thiophene rings is 1. The average molecular weight is 284 g/mol. The Labute approximate surface area is 114 Å². The number of esters is 1. The second kappa shape index (κ2) is 6.33. The molecule has 3 N–H and O–H groups in total. The van der Waals surface area contributed by atoms with Gasteiger partial charge in [-0.1, -0.05) is 0 Å². The lowest BCUT2D eigenvalue weighted by Gasteiger charge is -2.04. The quantitative estimate of drug-likeness (QED) is 0.797. The van der Waals surface area contributed by atoms with Crippen molar-refractivity contribution in [3.05, 3.63) is 16.0 Å². The standard InChI is InChI=1S/C12H16N2O4S/c1-6-7(2)19-12(10(6)11(13)17)14-8(15)4-5-9(16)18-3/h4-5H2,1-3H3,(H2,13,17)(H,14,15). The molecule has 1 heterocycles. The van der Waals surface area contributed by atoms with Crippen LogP contribution >= 0.6 is 11.3 Å². The first-order valence-corrected chi connectivity index (χ1v) is 6.45. The van der Waals surface area contributed by atoms with Crippen LogP contribution in [0.2, 0.25) is 0 Å². The van der Waals surface area contributed by atoms with Gasteiger partial charge in [-0.2, -0.15) is 0 Å². The largest absolute Gasteiger partial charge is 0.469 e. The lowest BCUT2D eigenvalue weighted by molar-refractivity contribution is -0.141. The van der Waals surface area contributed by atoms with Crippen molar-refractivity contribution < 1.29 is 19.1 Å². The van der Waals surface area contributed by atoms with Crippen LogP contribution in [0.25, 0.3) is 0 Å². The van der Waals surface area contributed by atoms with Crippen LogP contribution in [0.4, 0.5) is 5.00 Å². The molecule has 104 valence electrons. The van der Waals surface area contributed by atoms with Crippen molar-refractivity contribution in [2.45, 2.75) is 26.7 Å². The lowest BCUT2D eigenvalue weighted by atomic mass is 10.1. The Morgan fingerprint density at radius 1 is 1.26 bits per heavy atom. The Kier molecular flexibility index (Phi) is 5.05. The summed E-state index contributed by atoms with van der Waals surface area (Å²) in [5.41, 5.74) is 6.38. The molecule has 0 aliphatic carbocycles. The molecule has 0 radical (unpaired) electrons. The van der Waals surface area contributed by atoms with E-state index in [4.69, 9.17) is 5.73 Å². The molecule has 2 amide bonds. The van der Waals surface area contributed by atoms with Gasteiger partial charge in [0.25, 0.3) is 5.91 Å². The minimum absolute atomic E-state index is 0.000864. The van der Waals surface area contributed by atoms with E-state index in [9.17, 15) is 14.4 Å². The summed E-state index contributed by atoms with van der Waals surface area (Å²) in [5.74, 6) is -1.39. The summed E-state index contributed by atoms with van der Waals surface area (Å²) in [6.45, 7) is 3.62. The van der Waals surface area contributed by atoms with Crippen LogP contribution in [0.3, 0.4) is 0 Å². The van der Waals surface area contributed by atoms with Gasteiger partial charge in [-0.05, 0) is 19.4 Å². The van der Waals surface area contributed by atoms with E-state index < -0.39 is 11.9 Å². The zero-order valence-corrected chi connectivity index (χ0v) is 11.8. The summed E-state index contributed by atoms with van der Waals surface area (Å²) in [5, 5.41) is 3.03. The van der Waals surface area contributed by atoms with Crippen LogP contribution in [0, 0.1) is 13.8 Å². The summed E-state index contributed by atoms with van der Waals surface area (Å²) in [4.78, 5) is 34.9. The second-order valence-corrected chi connectivity index (χ2v) is 5.20. The minimum Gasteiger partial charge on any atom is -0.469 e. The molecule has 19 heavy (non-hydrogen) atoms. The van der Waals surface area contributed by atoms with Crippen LogP contribution in [0.5, 0.6) is 0 Å². The van der Waals surface area contributed by atoms with Crippen molar-refractivity contribution in [1.82, 2.24) is 0 Å². The van der Waals surface area contributed by atoms with Crippen LogP contribution in [-0.2, 0) is 14.3 Å². The number of rotatable bonds is 5. The molecule has 0 aromatic carbocycles. The Balaban J connectivity index is 2.77. The van der Waals surface area contributed by atoms with Gasteiger partial charge in [0.15, 0.2) is 0 Å².